The number of nitrogens with zero attached hydrogens (tertiary/aromatic N) is 1. The van der Waals surface area contributed by atoms with Gasteiger partial charge in [0.2, 0.25) is 10.0 Å². The van der Waals surface area contributed by atoms with Gasteiger partial charge in [0.05, 0.1) is 13.2 Å². The Morgan fingerprint density at radius 1 is 1.50 bits per heavy atom. The molecule has 1 aromatic heterocycles. The minimum atomic E-state index is -3.85. The van der Waals surface area contributed by atoms with E-state index in [1.54, 1.807) is 0 Å². The second kappa shape index (κ2) is 5.26. The molecule has 108 valence electrons. The van der Waals surface area contributed by atoms with Crippen LogP contribution in [0.3, 0.4) is 0 Å². The summed E-state index contributed by atoms with van der Waals surface area (Å²) >= 11 is 0. The Labute approximate surface area is 117 Å². The summed E-state index contributed by atoms with van der Waals surface area (Å²) in [7, 11) is -2.64. The molecule has 2 N–H and O–H groups in total. The molecular formula is C12H15N3O4S. The molecule has 0 unspecified atom stereocenters. The molecule has 8 heteroatoms. The largest absolute Gasteiger partial charge is 0.464 e. The van der Waals surface area contributed by atoms with Gasteiger partial charge in [-0.15, -0.1) is 0 Å². The molecule has 0 atom stereocenters. The van der Waals surface area contributed by atoms with E-state index in [4.69, 9.17) is 0 Å². The van der Waals surface area contributed by atoms with Gasteiger partial charge in [0, 0.05) is 6.20 Å². The topological polar surface area (TPSA) is 112 Å². The van der Waals surface area contributed by atoms with E-state index in [0.717, 1.165) is 12.8 Å². The lowest BCUT2D eigenvalue weighted by Gasteiger charge is -2.21. The van der Waals surface area contributed by atoms with Crippen molar-refractivity contribution in [3.63, 3.8) is 0 Å². The van der Waals surface area contributed by atoms with Crippen molar-refractivity contribution in [3.05, 3.63) is 18.0 Å². The minimum Gasteiger partial charge on any atom is -0.464 e. The maximum atomic E-state index is 12.2. The van der Waals surface area contributed by atoms with Crippen LogP contribution in [0.4, 0.5) is 0 Å². The molecule has 7 nitrogen and oxygen atoms in total. The SMILES string of the molecule is COC(=O)c1cc(S(=O)(=O)NC2(C#N)CCCC2)c[nH]1. The quantitative estimate of drug-likeness (QED) is 0.802. The Balaban J connectivity index is 2.25. The molecule has 1 aliphatic carbocycles. The van der Waals surface area contributed by atoms with Gasteiger partial charge in [-0.05, 0) is 18.9 Å². The van der Waals surface area contributed by atoms with Crippen LogP contribution in [-0.4, -0.2) is 32.0 Å². The molecule has 0 radical (unpaired) electrons. The first-order valence-corrected chi connectivity index (χ1v) is 7.63. The van der Waals surface area contributed by atoms with Crippen LogP contribution >= 0.6 is 0 Å². The van der Waals surface area contributed by atoms with Crippen LogP contribution in [0.25, 0.3) is 0 Å². The summed E-state index contributed by atoms with van der Waals surface area (Å²) in [4.78, 5) is 13.8. The Morgan fingerprint density at radius 2 is 2.15 bits per heavy atom. The average Bonchev–Trinajstić information content (AvgIpc) is 3.07. The molecule has 0 aliphatic heterocycles. The number of H-pyrrole nitrogens is 1. The normalized spacial score (nSPS) is 17.6. The van der Waals surface area contributed by atoms with Crippen molar-refractivity contribution in [1.82, 2.24) is 9.71 Å². The summed E-state index contributed by atoms with van der Waals surface area (Å²) in [6.45, 7) is 0. The zero-order valence-corrected chi connectivity index (χ0v) is 11.8. The highest BCUT2D eigenvalue weighted by molar-refractivity contribution is 7.89. The highest BCUT2D eigenvalue weighted by Gasteiger charge is 2.38. The van der Waals surface area contributed by atoms with Crippen LogP contribution in [0.15, 0.2) is 17.2 Å². The molecule has 20 heavy (non-hydrogen) atoms. The van der Waals surface area contributed by atoms with Gasteiger partial charge in [-0.3, -0.25) is 0 Å². The summed E-state index contributed by atoms with van der Waals surface area (Å²) in [5.41, 5.74) is -0.994. The molecular weight excluding hydrogens is 282 g/mol. The summed E-state index contributed by atoms with van der Waals surface area (Å²) in [6, 6.07) is 3.24. The first kappa shape index (κ1) is 14.6. The number of nitriles is 1. The van der Waals surface area contributed by atoms with Crippen molar-refractivity contribution < 1.29 is 17.9 Å². The Kier molecular flexibility index (Phi) is 3.83. The number of carbonyl (C=O) groups excluding carboxylic acids is 1. The number of methoxy groups -OCH3 is 1. The first-order chi connectivity index (χ1) is 9.42. The predicted octanol–water partition coefficient (Wildman–Crippen LogP) is 0.916. The number of aromatic amines is 1. The molecule has 1 saturated carbocycles. The number of hydrogen-bond donors (Lipinski definition) is 2. The van der Waals surface area contributed by atoms with E-state index in [9.17, 15) is 18.5 Å². The van der Waals surface area contributed by atoms with Gasteiger partial charge in [-0.25, -0.2) is 13.2 Å². The van der Waals surface area contributed by atoms with E-state index in [2.05, 4.69) is 20.5 Å². The van der Waals surface area contributed by atoms with E-state index < -0.39 is 21.5 Å². The maximum absolute atomic E-state index is 12.2. The van der Waals surface area contributed by atoms with Crippen LogP contribution in [0, 0.1) is 11.3 Å². The molecule has 0 bridgehead atoms. The molecule has 2 rings (SSSR count). The number of rotatable bonds is 4. The zero-order valence-electron chi connectivity index (χ0n) is 11.0. The van der Waals surface area contributed by atoms with Gasteiger partial charge in [-0.1, -0.05) is 12.8 Å². The van der Waals surface area contributed by atoms with Crippen molar-refractivity contribution in [2.45, 2.75) is 36.1 Å². The highest BCUT2D eigenvalue weighted by Crippen LogP contribution is 2.30. The third-order valence-corrected chi connectivity index (χ3v) is 4.89. The lowest BCUT2D eigenvalue weighted by Crippen LogP contribution is -2.44. The van der Waals surface area contributed by atoms with Gasteiger partial charge in [-0.2, -0.15) is 9.98 Å². The summed E-state index contributed by atoms with van der Waals surface area (Å²) < 4.78 is 31.4. The van der Waals surface area contributed by atoms with Crippen molar-refractivity contribution >= 4 is 16.0 Å². The van der Waals surface area contributed by atoms with Gasteiger partial charge in [0.25, 0.3) is 0 Å². The van der Waals surface area contributed by atoms with Gasteiger partial charge in [0.1, 0.15) is 16.1 Å². The lowest BCUT2D eigenvalue weighted by molar-refractivity contribution is 0.0595. The fourth-order valence-corrected chi connectivity index (χ4v) is 3.66. The summed E-state index contributed by atoms with van der Waals surface area (Å²) in [6.07, 6.45) is 3.83. The Bertz CT molecular complexity index is 650. The highest BCUT2D eigenvalue weighted by atomic mass is 32.2. The van der Waals surface area contributed by atoms with Gasteiger partial charge >= 0.3 is 5.97 Å². The van der Waals surface area contributed by atoms with Crippen molar-refractivity contribution in [3.8, 4) is 6.07 Å². The number of carbonyl (C=O) groups is 1. The third-order valence-electron chi connectivity index (χ3n) is 3.37. The van der Waals surface area contributed by atoms with Gasteiger partial charge in [0.15, 0.2) is 0 Å². The fourth-order valence-electron chi connectivity index (χ4n) is 2.29. The van der Waals surface area contributed by atoms with Crippen LogP contribution in [-0.2, 0) is 14.8 Å². The lowest BCUT2D eigenvalue weighted by atomic mass is 10.0. The van der Waals surface area contributed by atoms with E-state index in [1.807, 2.05) is 0 Å². The van der Waals surface area contributed by atoms with E-state index in [0.29, 0.717) is 12.8 Å². The van der Waals surface area contributed by atoms with E-state index >= 15 is 0 Å². The fraction of sp³-hybridized carbons (Fsp3) is 0.500. The van der Waals surface area contributed by atoms with Crippen molar-refractivity contribution in [2.75, 3.05) is 7.11 Å². The number of esters is 1. The molecule has 0 saturated heterocycles. The van der Waals surface area contributed by atoms with Gasteiger partial charge < -0.3 is 9.72 Å². The monoisotopic (exact) mass is 297 g/mol. The molecule has 1 heterocycles. The summed E-state index contributed by atoms with van der Waals surface area (Å²) in [5.74, 6) is -0.651. The first-order valence-electron chi connectivity index (χ1n) is 6.14. The smallest absolute Gasteiger partial charge is 0.354 e. The van der Waals surface area contributed by atoms with Crippen LogP contribution in [0.1, 0.15) is 36.2 Å². The van der Waals surface area contributed by atoms with Crippen molar-refractivity contribution in [1.29, 1.82) is 5.26 Å². The Morgan fingerprint density at radius 3 is 2.70 bits per heavy atom. The number of ether oxygens (including phenoxy) is 1. The molecule has 0 spiro atoms. The molecule has 1 aliphatic rings. The molecule has 0 amide bonds. The zero-order chi connectivity index (χ0) is 14.8. The van der Waals surface area contributed by atoms with Crippen LogP contribution in [0.2, 0.25) is 0 Å². The molecule has 1 aromatic rings. The second-order valence-corrected chi connectivity index (χ2v) is 6.43. The third kappa shape index (κ3) is 2.69. The van der Waals surface area contributed by atoms with Crippen LogP contribution in [0.5, 0.6) is 0 Å². The average molecular weight is 297 g/mol. The van der Waals surface area contributed by atoms with Crippen LogP contribution < -0.4 is 4.72 Å². The van der Waals surface area contributed by atoms with Crippen molar-refractivity contribution in [2.24, 2.45) is 0 Å². The number of sulfonamides is 1. The second-order valence-electron chi connectivity index (χ2n) is 4.75. The number of nitrogens with one attached hydrogen (secondary N) is 2. The number of hydrogen-bond acceptors (Lipinski definition) is 5. The van der Waals surface area contributed by atoms with E-state index in [1.165, 1.54) is 19.4 Å². The Hall–Kier alpha value is -1.85. The maximum Gasteiger partial charge on any atom is 0.354 e. The standard InChI is InChI=1S/C12H15N3O4S/c1-19-11(16)10-6-9(7-14-10)20(17,18)15-12(8-13)4-2-3-5-12/h6-7,14-15H,2-5H2,1H3. The number of aromatic nitrogens is 1. The van der Waals surface area contributed by atoms with E-state index in [-0.39, 0.29) is 10.6 Å². The molecule has 0 aromatic carbocycles. The predicted molar refractivity (Wildman–Crippen MR) is 69.3 cm³/mol. The minimum absolute atomic E-state index is 0.0466. The summed E-state index contributed by atoms with van der Waals surface area (Å²) in [5, 5.41) is 9.20. The molecule has 1 fully saturated rings.